The van der Waals surface area contributed by atoms with Gasteiger partial charge in [-0.25, -0.2) is 0 Å². The van der Waals surface area contributed by atoms with E-state index < -0.39 is 12.1 Å². The number of alkyl halides is 3. The molecule has 0 aliphatic heterocycles. The highest BCUT2D eigenvalue weighted by Gasteiger charge is 2.38. The average Bonchev–Trinajstić information content (AvgIpc) is 2.53. The second-order valence-corrected chi connectivity index (χ2v) is 5.78. The van der Waals surface area contributed by atoms with Crippen molar-refractivity contribution >= 4 is 23.2 Å². The molecule has 130 valence electrons. The molecule has 1 aromatic rings. The zero-order chi connectivity index (χ0) is 17.6. The summed E-state index contributed by atoms with van der Waals surface area (Å²) in [6.07, 6.45) is 4.08. The molecule has 4 nitrogen and oxygen atoms in total. The largest absolute Gasteiger partial charge is 0.471 e. The Hall–Kier alpha value is -2.31. The Morgan fingerprint density at radius 2 is 1.67 bits per heavy atom. The number of allylic oxidation sites excluding steroid dienone is 1. The zero-order valence-electron chi connectivity index (χ0n) is 13.0. The van der Waals surface area contributed by atoms with Gasteiger partial charge in [-0.05, 0) is 43.0 Å². The number of nitrogens with one attached hydrogen (secondary N) is 2. The van der Waals surface area contributed by atoms with E-state index in [9.17, 15) is 22.8 Å². The molecule has 7 heteroatoms. The van der Waals surface area contributed by atoms with Gasteiger partial charge in [0.2, 0.25) is 5.91 Å². The first-order valence-corrected chi connectivity index (χ1v) is 7.82. The molecule has 2 rings (SSSR count). The first kappa shape index (κ1) is 18.0. The van der Waals surface area contributed by atoms with Crippen molar-refractivity contribution in [2.45, 2.75) is 38.3 Å². The molecule has 0 bridgehead atoms. The molecule has 1 aliphatic carbocycles. The first-order chi connectivity index (χ1) is 11.3. The van der Waals surface area contributed by atoms with Gasteiger partial charge >= 0.3 is 12.1 Å². The standard InChI is InChI=1S/C17H19F3N2O2/c18-17(19,20)16(24)22-14-8-4-7-13(11-14)21-15(23)10-9-12-5-2-1-3-6-12/h4,7-12H,1-3,5-6H2,(H,21,23)(H,22,24)/b10-9+. The number of halogens is 3. The van der Waals surface area contributed by atoms with Crippen molar-refractivity contribution in [2.24, 2.45) is 5.92 Å². The minimum Gasteiger partial charge on any atom is -0.322 e. The van der Waals surface area contributed by atoms with Crippen LogP contribution in [0.25, 0.3) is 0 Å². The lowest BCUT2D eigenvalue weighted by molar-refractivity contribution is -0.167. The van der Waals surface area contributed by atoms with Crippen molar-refractivity contribution in [3.05, 3.63) is 36.4 Å². The molecular weight excluding hydrogens is 321 g/mol. The van der Waals surface area contributed by atoms with Gasteiger partial charge in [0.15, 0.2) is 0 Å². The number of hydrogen-bond acceptors (Lipinski definition) is 2. The predicted octanol–water partition coefficient (Wildman–Crippen LogP) is 4.26. The van der Waals surface area contributed by atoms with Crippen LogP contribution in [0.4, 0.5) is 24.5 Å². The fourth-order valence-corrected chi connectivity index (χ4v) is 2.61. The maximum absolute atomic E-state index is 12.2. The van der Waals surface area contributed by atoms with E-state index in [4.69, 9.17) is 0 Å². The quantitative estimate of drug-likeness (QED) is 0.805. The number of rotatable bonds is 4. The van der Waals surface area contributed by atoms with Crippen LogP contribution in [-0.2, 0) is 9.59 Å². The normalized spacial score (nSPS) is 16.1. The van der Waals surface area contributed by atoms with Crippen LogP contribution in [0.5, 0.6) is 0 Å². The Labute approximate surface area is 138 Å². The molecule has 0 heterocycles. The number of carbonyl (C=O) groups excluding carboxylic acids is 2. The number of hydrogen-bond donors (Lipinski definition) is 2. The van der Waals surface area contributed by atoms with Gasteiger partial charge in [-0.15, -0.1) is 0 Å². The monoisotopic (exact) mass is 340 g/mol. The van der Waals surface area contributed by atoms with Gasteiger partial charge in [0.1, 0.15) is 0 Å². The summed E-state index contributed by atoms with van der Waals surface area (Å²) in [6, 6.07) is 5.58. The van der Waals surface area contributed by atoms with E-state index in [1.807, 2.05) is 6.08 Å². The molecule has 1 fully saturated rings. The van der Waals surface area contributed by atoms with Crippen molar-refractivity contribution in [3.63, 3.8) is 0 Å². The van der Waals surface area contributed by atoms with E-state index in [2.05, 4.69) is 5.32 Å². The molecule has 2 amide bonds. The second kappa shape index (κ2) is 7.99. The minimum absolute atomic E-state index is 0.0358. The predicted molar refractivity (Wildman–Crippen MR) is 85.5 cm³/mol. The second-order valence-electron chi connectivity index (χ2n) is 5.78. The fraction of sp³-hybridized carbons (Fsp3) is 0.412. The zero-order valence-corrected chi connectivity index (χ0v) is 13.0. The van der Waals surface area contributed by atoms with Crippen LogP contribution in [0.15, 0.2) is 36.4 Å². The fourth-order valence-electron chi connectivity index (χ4n) is 2.61. The van der Waals surface area contributed by atoms with Gasteiger partial charge in [-0.1, -0.05) is 31.4 Å². The summed E-state index contributed by atoms with van der Waals surface area (Å²) in [4.78, 5) is 22.8. The van der Waals surface area contributed by atoms with Gasteiger partial charge in [-0.3, -0.25) is 9.59 Å². The van der Waals surface area contributed by atoms with Crippen molar-refractivity contribution in [2.75, 3.05) is 10.6 Å². The third-order valence-corrected chi connectivity index (χ3v) is 3.82. The van der Waals surface area contributed by atoms with Gasteiger partial charge < -0.3 is 10.6 Å². The Kier molecular flexibility index (Phi) is 6.00. The van der Waals surface area contributed by atoms with E-state index in [-0.39, 0.29) is 11.6 Å². The van der Waals surface area contributed by atoms with Gasteiger partial charge in [0, 0.05) is 11.4 Å². The lowest BCUT2D eigenvalue weighted by Gasteiger charge is -2.17. The lowest BCUT2D eigenvalue weighted by atomic mass is 9.89. The van der Waals surface area contributed by atoms with Crippen LogP contribution in [-0.4, -0.2) is 18.0 Å². The maximum Gasteiger partial charge on any atom is 0.471 e. The van der Waals surface area contributed by atoms with Crippen LogP contribution >= 0.6 is 0 Å². The highest BCUT2D eigenvalue weighted by molar-refractivity contribution is 6.00. The summed E-state index contributed by atoms with van der Waals surface area (Å²) in [5, 5.41) is 4.32. The van der Waals surface area contributed by atoms with E-state index in [0.717, 1.165) is 25.7 Å². The Balaban J connectivity index is 1.92. The molecule has 0 radical (unpaired) electrons. The molecule has 0 unspecified atom stereocenters. The highest BCUT2D eigenvalue weighted by Crippen LogP contribution is 2.24. The molecule has 24 heavy (non-hydrogen) atoms. The summed E-state index contributed by atoms with van der Waals surface area (Å²) in [5.74, 6) is -2.00. The number of benzene rings is 1. The van der Waals surface area contributed by atoms with Gasteiger partial charge in [-0.2, -0.15) is 13.2 Å². The Bertz CT molecular complexity index is 621. The maximum atomic E-state index is 12.2. The molecule has 0 atom stereocenters. The van der Waals surface area contributed by atoms with Crippen LogP contribution in [0.2, 0.25) is 0 Å². The van der Waals surface area contributed by atoms with Crippen molar-refractivity contribution in [1.29, 1.82) is 0 Å². The number of amides is 2. The van der Waals surface area contributed by atoms with Gasteiger partial charge in [0.05, 0.1) is 0 Å². The van der Waals surface area contributed by atoms with Crippen LogP contribution < -0.4 is 10.6 Å². The highest BCUT2D eigenvalue weighted by atomic mass is 19.4. The number of carbonyl (C=O) groups is 2. The molecule has 1 aliphatic rings. The van der Waals surface area contributed by atoms with E-state index in [0.29, 0.717) is 11.6 Å². The van der Waals surface area contributed by atoms with Crippen molar-refractivity contribution in [1.82, 2.24) is 0 Å². The summed E-state index contributed by atoms with van der Waals surface area (Å²) in [5.41, 5.74) is 0.277. The van der Waals surface area contributed by atoms with E-state index in [1.54, 1.807) is 5.32 Å². The van der Waals surface area contributed by atoms with Crippen LogP contribution in [0, 0.1) is 5.92 Å². The molecule has 1 saturated carbocycles. The summed E-state index contributed by atoms with van der Waals surface area (Å²) in [6.45, 7) is 0. The first-order valence-electron chi connectivity index (χ1n) is 7.82. The molecule has 0 saturated heterocycles. The molecular formula is C17H19F3N2O2. The van der Waals surface area contributed by atoms with E-state index in [1.165, 1.54) is 36.8 Å². The number of anilines is 2. The van der Waals surface area contributed by atoms with Crippen LogP contribution in [0.3, 0.4) is 0 Å². The average molecular weight is 340 g/mol. The van der Waals surface area contributed by atoms with E-state index >= 15 is 0 Å². The topological polar surface area (TPSA) is 58.2 Å². The summed E-state index contributed by atoms with van der Waals surface area (Å²) < 4.78 is 36.7. The third kappa shape index (κ3) is 5.72. The van der Waals surface area contributed by atoms with Crippen molar-refractivity contribution in [3.8, 4) is 0 Å². The molecule has 0 spiro atoms. The van der Waals surface area contributed by atoms with Crippen molar-refractivity contribution < 1.29 is 22.8 Å². The molecule has 0 aromatic heterocycles. The smallest absolute Gasteiger partial charge is 0.322 e. The lowest BCUT2D eigenvalue weighted by Crippen LogP contribution is -2.29. The third-order valence-electron chi connectivity index (χ3n) is 3.82. The minimum atomic E-state index is -4.96. The van der Waals surface area contributed by atoms with Gasteiger partial charge in [0.25, 0.3) is 0 Å². The Morgan fingerprint density at radius 1 is 1.04 bits per heavy atom. The summed E-state index contributed by atoms with van der Waals surface area (Å²) in [7, 11) is 0. The van der Waals surface area contributed by atoms with Crippen LogP contribution in [0.1, 0.15) is 32.1 Å². The summed E-state index contributed by atoms with van der Waals surface area (Å²) >= 11 is 0. The molecule has 1 aromatic carbocycles. The SMILES string of the molecule is O=C(/C=C/C1CCCCC1)Nc1cccc(NC(=O)C(F)(F)F)c1. The molecule has 2 N–H and O–H groups in total. The Morgan fingerprint density at radius 3 is 2.29 bits per heavy atom.